The number of aliphatic hydroxyl groups is 1. The van der Waals surface area contributed by atoms with E-state index in [1.807, 2.05) is 11.8 Å². The minimum atomic E-state index is -3.65. The standard InChI is InChI=1S/C13H22N2O4S2/c1-10-12(9-16)13(11(2)19-10)21(17,18)14-3-4-15-5-7-20-8-6-15/h14,16H,3-9H2,1-2H3. The number of nitrogens with one attached hydrogen (secondary N) is 1. The first-order chi connectivity index (χ1) is 9.95. The zero-order chi connectivity index (χ0) is 15.5. The molecule has 0 spiro atoms. The first-order valence-corrected chi connectivity index (χ1v) is 9.59. The Labute approximate surface area is 129 Å². The molecule has 0 saturated carbocycles. The quantitative estimate of drug-likeness (QED) is 0.797. The van der Waals surface area contributed by atoms with Gasteiger partial charge in [0.2, 0.25) is 10.0 Å². The molecule has 1 aliphatic heterocycles. The molecule has 2 heterocycles. The highest BCUT2D eigenvalue weighted by molar-refractivity contribution is 7.99. The Morgan fingerprint density at radius 3 is 2.57 bits per heavy atom. The van der Waals surface area contributed by atoms with Gasteiger partial charge in [0.25, 0.3) is 0 Å². The number of hydrogen-bond acceptors (Lipinski definition) is 6. The predicted molar refractivity (Wildman–Crippen MR) is 83.1 cm³/mol. The van der Waals surface area contributed by atoms with Crippen LogP contribution in [-0.2, 0) is 16.6 Å². The van der Waals surface area contributed by atoms with Gasteiger partial charge in [0.15, 0.2) is 0 Å². The molecule has 1 aromatic rings. The number of nitrogens with zero attached hydrogens (tertiary/aromatic N) is 1. The number of rotatable bonds is 6. The van der Waals surface area contributed by atoms with Crippen LogP contribution in [0.5, 0.6) is 0 Å². The normalized spacial score (nSPS) is 17.3. The van der Waals surface area contributed by atoms with Crippen molar-refractivity contribution in [2.24, 2.45) is 0 Å². The lowest BCUT2D eigenvalue weighted by atomic mass is 10.2. The summed E-state index contributed by atoms with van der Waals surface area (Å²) in [7, 11) is -3.65. The van der Waals surface area contributed by atoms with Crippen molar-refractivity contribution in [3.8, 4) is 0 Å². The van der Waals surface area contributed by atoms with Gasteiger partial charge in [-0.25, -0.2) is 13.1 Å². The zero-order valence-electron chi connectivity index (χ0n) is 12.4. The molecule has 0 atom stereocenters. The summed E-state index contributed by atoms with van der Waals surface area (Å²) in [5.74, 6) is 2.96. The average molecular weight is 334 g/mol. The topological polar surface area (TPSA) is 82.8 Å². The highest BCUT2D eigenvalue weighted by Gasteiger charge is 2.26. The van der Waals surface area contributed by atoms with Gasteiger partial charge in [-0.15, -0.1) is 0 Å². The third-order valence-corrected chi connectivity index (χ3v) is 6.17. The van der Waals surface area contributed by atoms with E-state index in [9.17, 15) is 13.5 Å². The van der Waals surface area contributed by atoms with Crippen LogP contribution in [0.3, 0.4) is 0 Å². The van der Waals surface area contributed by atoms with Gasteiger partial charge in [0.05, 0.1) is 6.61 Å². The molecule has 0 aliphatic carbocycles. The second kappa shape index (κ2) is 7.15. The third kappa shape index (κ3) is 4.01. The molecular weight excluding hydrogens is 312 g/mol. The van der Waals surface area contributed by atoms with Crippen LogP contribution < -0.4 is 4.72 Å². The molecule has 6 nitrogen and oxygen atoms in total. The zero-order valence-corrected chi connectivity index (χ0v) is 14.0. The van der Waals surface area contributed by atoms with Crippen LogP contribution in [0.2, 0.25) is 0 Å². The van der Waals surface area contributed by atoms with Crippen molar-refractivity contribution in [2.75, 3.05) is 37.7 Å². The monoisotopic (exact) mass is 334 g/mol. The second-order valence-electron chi connectivity index (χ2n) is 5.03. The van der Waals surface area contributed by atoms with E-state index in [1.165, 1.54) is 0 Å². The summed E-state index contributed by atoms with van der Waals surface area (Å²) < 4.78 is 32.7. The van der Waals surface area contributed by atoms with Crippen LogP contribution in [0.15, 0.2) is 9.31 Å². The maximum absolute atomic E-state index is 12.4. The summed E-state index contributed by atoms with van der Waals surface area (Å²) in [4.78, 5) is 2.33. The van der Waals surface area contributed by atoms with Crippen molar-refractivity contribution in [2.45, 2.75) is 25.3 Å². The van der Waals surface area contributed by atoms with Crippen molar-refractivity contribution in [3.05, 3.63) is 17.1 Å². The highest BCUT2D eigenvalue weighted by Crippen LogP contribution is 2.26. The Balaban J connectivity index is 2.01. The molecule has 0 unspecified atom stereocenters. The van der Waals surface area contributed by atoms with Gasteiger partial charge in [0, 0.05) is 43.2 Å². The second-order valence-corrected chi connectivity index (χ2v) is 7.96. The van der Waals surface area contributed by atoms with Crippen molar-refractivity contribution >= 4 is 21.8 Å². The van der Waals surface area contributed by atoms with Crippen molar-refractivity contribution in [3.63, 3.8) is 0 Å². The molecule has 1 aromatic heterocycles. The van der Waals surface area contributed by atoms with Crippen molar-refractivity contribution in [1.82, 2.24) is 9.62 Å². The molecule has 1 fully saturated rings. The van der Waals surface area contributed by atoms with Crippen LogP contribution >= 0.6 is 11.8 Å². The Morgan fingerprint density at radius 1 is 1.29 bits per heavy atom. The van der Waals surface area contributed by atoms with Gasteiger partial charge in [-0.05, 0) is 13.8 Å². The molecular formula is C13H22N2O4S2. The third-order valence-electron chi connectivity index (χ3n) is 3.58. The predicted octanol–water partition coefficient (Wildman–Crippen LogP) is 0.716. The molecule has 1 aliphatic rings. The van der Waals surface area contributed by atoms with E-state index in [0.717, 1.165) is 24.6 Å². The summed E-state index contributed by atoms with van der Waals surface area (Å²) in [5.41, 5.74) is 0.342. The lowest BCUT2D eigenvalue weighted by Crippen LogP contribution is -2.39. The van der Waals surface area contributed by atoms with Crippen LogP contribution in [-0.4, -0.2) is 56.1 Å². The van der Waals surface area contributed by atoms with E-state index in [-0.39, 0.29) is 11.5 Å². The van der Waals surface area contributed by atoms with E-state index in [2.05, 4.69) is 9.62 Å². The van der Waals surface area contributed by atoms with E-state index in [1.54, 1.807) is 13.8 Å². The fraction of sp³-hybridized carbons (Fsp3) is 0.692. The summed E-state index contributed by atoms with van der Waals surface area (Å²) in [6, 6.07) is 0. The Hall–Kier alpha value is -0.540. The van der Waals surface area contributed by atoms with Gasteiger partial charge >= 0.3 is 0 Å². The summed E-state index contributed by atoms with van der Waals surface area (Å²) in [6.07, 6.45) is 0. The van der Waals surface area contributed by atoms with Gasteiger partial charge in [-0.1, -0.05) is 0 Å². The summed E-state index contributed by atoms with van der Waals surface area (Å²) >= 11 is 1.92. The molecule has 1 saturated heterocycles. The van der Waals surface area contributed by atoms with Gasteiger partial charge in [-0.3, -0.25) is 0 Å². The Morgan fingerprint density at radius 2 is 1.95 bits per heavy atom. The van der Waals surface area contributed by atoms with Gasteiger partial charge < -0.3 is 14.4 Å². The van der Waals surface area contributed by atoms with E-state index < -0.39 is 10.0 Å². The largest absolute Gasteiger partial charge is 0.465 e. The number of sulfonamides is 1. The molecule has 0 bridgehead atoms. The van der Waals surface area contributed by atoms with Gasteiger partial charge in [-0.2, -0.15) is 11.8 Å². The van der Waals surface area contributed by atoms with E-state index in [0.29, 0.717) is 30.2 Å². The Kier molecular flexibility index (Phi) is 5.73. The fourth-order valence-electron chi connectivity index (χ4n) is 2.48. The van der Waals surface area contributed by atoms with Crippen LogP contribution in [0, 0.1) is 13.8 Å². The number of thioether (sulfide) groups is 1. The van der Waals surface area contributed by atoms with E-state index >= 15 is 0 Å². The number of furan rings is 1. The average Bonchev–Trinajstić information content (AvgIpc) is 2.74. The van der Waals surface area contributed by atoms with Crippen LogP contribution in [0.25, 0.3) is 0 Å². The fourth-order valence-corrected chi connectivity index (χ4v) is 4.92. The maximum atomic E-state index is 12.4. The summed E-state index contributed by atoms with van der Waals surface area (Å²) in [6.45, 7) is 5.97. The smallest absolute Gasteiger partial charge is 0.244 e. The highest BCUT2D eigenvalue weighted by atomic mass is 32.2. The molecule has 2 N–H and O–H groups in total. The Bertz CT molecular complexity index is 577. The maximum Gasteiger partial charge on any atom is 0.244 e. The SMILES string of the molecule is Cc1oc(C)c(S(=O)(=O)NCCN2CCSCC2)c1CO. The number of aryl methyl sites for hydroxylation is 2. The minimum Gasteiger partial charge on any atom is -0.465 e. The lowest BCUT2D eigenvalue weighted by Gasteiger charge is -2.25. The first kappa shape index (κ1) is 16.8. The van der Waals surface area contributed by atoms with E-state index in [4.69, 9.17) is 4.42 Å². The first-order valence-electron chi connectivity index (χ1n) is 6.95. The molecule has 0 aromatic carbocycles. The lowest BCUT2D eigenvalue weighted by molar-refractivity contribution is 0.276. The molecule has 21 heavy (non-hydrogen) atoms. The van der Waals surface area contributed by atoms with Gasteiger partial charge in [0.1, 0.15) is 16.4 Å². The molecule has 0 amide bonds. The van der Waals surface area contributed by atoms with Crippen molar-refractivity contribution < 1.29 is 17.9 Å². The van der Waals surface area contributed by atoms with Crippen LogP contribution in [0.4, 0.5) is 0 Å². The molecule has 8 heteroatoms. The number of hydrogen-bond donors (Lipinski definition) is 2. The minimum absolute atomic E-state index is 0.0803. The van der Waals surface area contributed by atoms with Crippen molar-refractivity contribution in [1.29, 1.82) is 0 Å². The summed E-state index contributed by atoms with van der Waals surface area (Å²) in [5, 5.41) is 9.34. The van der Waals surface area contributed by atoms with Crippen LogP contribution in [0.1, 0.15) is 17.1 Å². The number of aliphatic hydroxyl groups excluding tert-OH is 1. The molecule has 0 radical (unpaired) electrons. The molecule has 2 rings (SSSR count). The molecule has 120 valence electrons.